The molecule has 1 N–H and O–H groups in total. The Balaban J connectivity index is 0. The molecule has 74 valence electrons. The van der Waals surface area contributed by atoms with Crippen LogP contribution in [-0.2, 0) is 4.79 Å². The fraction of sp³-hybridized carbons (Fsp3) is 0.900. The van der Waals surface area contributed by atoms with E-state index in [-0.39, 0.29) is 0 Å². The number of rotatable bonds is 5. The van der Waals surface area contributed by atoms with Crippen molar-refractivity contribution < 1.29 is 9.90 Å². The lowest BCUT2D eigenvalue weighted by Crippen LogP contribution is -1.91. The zero-order chi connectivity index (χ0) is 9.82. The summed E-state index contributed by atoms with van der Waals surface area (Å²) in [5.41, 5.74) is 0. The zero-order valence-electron chi connectivity index (χ0n) is 8.60. The highest BCUT2D eigenvalue weighted by Crippen LogP contribution is 1.91. The monoisotopic (exact) mass is 174 g/mol. The van der Waals surface area contributed by atoms with Crippen molar-refractivity contribution in [3.63, 3.8) is 0 Å². The van der Waals surface area contributed by atoms with E-state index in [2.05, 4.69) is 13.8 Å². The SMILES string of the molecule is CCCCC.CCCCC(=O)O. The summed E-state index contributed by atoms with van der Waals surface area (Å²) in [4.78, 5) is 9.76. The molecule has 0 rings (SSSR count). The molecule has 0 aliphatic heterocycles. The molecule has 0 radical (unpaired) electrons. The third-order valence-electron chi connectivity index (χ3n) is 1.45. The Morgan fingerprint density at radius 3 is 1.50 bits per heavy atom. The molecule has 0 saturated heterocycles. The van der Waals surface area contributed by atoms with Crippen molar-refractivity contribution in [3.05, 3.63) is 0 Å². The van der Waals surface area contributed by atoms with E-state index in [1.165, 1.54) is 19.3 Å². The predicted octanol–water partition coefficient (Wildman–Crippen LogP) is 3.46. The molecule has 0 heterocycles. The summed E-state index contributed by atoms with van der Waals surface area (Å²) in [7, 11) is 0. The smallest absolute Gasteiger partial charge is 0.303 e. The largest absolute Gasteiger partial charge is 0.481 e. The van der Waals surface area contributed by atoms with Gasteiger partial charge in [-0.1, -0.05) is 46.5 Å². The molecule has 2 heteroatoms. The molecule has 12 heavy (non-hydrogen) atoms. The molecule has 0 fully saturated rings. The van der Waals surface area contributed by atoms with E-state index in [1.807, 2.05) is 6.92 Å². The number of carboxylic acid groups (broad SMARTS) is 1. The standard InChI is InChI=1S/C5H10O2.C5H12/c1-2-3-4-5(6)7;1-3-5-4-2/h2-4H2,1H3,(H,6,7);3-5H2,1-2H3. The predicted molar refractivity (Wildman–Crippen MR) is 52.4 cm³/mol. The van der Waals surface area contributed by atoms with Crippen LogP contribution in [0.5, 0.6) is 0 Å². The van der Waals surface area contributed by atoms with Crippen LogP contribution >= 0.6 is 0 Å². The van der Waals surface area contributed by atoms with E-state index in [0.29, 0.717) is 6.42 Å². The first-order valence-corrected chi connectivity index (χ1v) is 4.90. The highest BCUT2D eigenvalue weighted by atomic mass is 16.4. The maximum atomic E-state index is 9.76. The molecular weight excluding hydrogens is 152 g/mol. The Morgan fingerprint density at radius 2 is 1.42 bits per heavy atom. The van der Waals surface area contributed by atoms with Gasteiger partial charge in [-0.3, -0.25) is 4.79 Å². The van der Waals surface area contributed by atoms with Gasteiger partial charge in [-0.15, -0.1) is 0 Å². The van der Waals surface area contributed by atoms with Gasteiger partial charge in [0, 0.05) is 6.42 Å². The minimum Gasteiger partial charge on any atom is -0.481 e. The van der Waals surface area contributed by atoms with Crippen molar-refractivity contribution in [2.24, 2.45) is 0 Å². The maximum Gasteiger partial charge on any atom is 0.303 e. The van der Waals surface area contributed by atoms with Crippen LogP contribution in [0.25, 0.3) is 0 Å². The van der Waals surface area contributed by atoms with Gasteiger partial charge in [0.1, 0.15) is 0 Å². The van der Waals surface area contributed by atoms with Crippen molar-refractivity contribution in [3.8, 4) is 0 Å². The third-order valence-corrected chi connectivity index (χ3v) is 1.45. The highest BCUT2D eigenvalue weighted by Gasteiger charge is 1.90. The van der Waals surface area contributed by atoms with Crippen LogP contribution < -0.4 is 0 Å². The van der Waals surface area contributed by atoms with Gasteiger partial charge in [0.05, 0.1) is 0 Å². The number of unbranched alkanes of at least 4 members (excludes halogenated alkanes) is 3. The summed E-state index contributed by atoms with van der Waals surface area (Å²) >= 11 is 0. The second-order valence-electron chi connectivity index (χ2n) is 2.85. The fourth-order valence-electron chi connectivity index (χ4n) is 0.682. The second-order valence-corrected chi connectivity index (χ2v) is 2.85. The minimum atomic E-state index is -0.693. The lowest BCUT2D eigenvalue weighted by Gasteiger charge is -1.85. The Morgan fingerprint density at radius 1 is 1.00 bits per heavy atom. The van der Waals surface area contributed by atoms with E-state index < -0.39 is 5.97 Å². The molecule has 0 saturated carbocycles. The van der Waals surface area contributed by atoms with E-state index in [9.17, 15) is 4.79 Å². The first-order chi connectivity index (χ1) is 5.68. The summed E-state index contributed by atoms with van der Waals surface area (Å²) in [5.74, 6) is -0.693. The zero-order valence-corrected chi connectivity index (χ0v) is 8.60. The normalized spacial score (nSPS) is 8.58. The van der Waals surface area contributed by atoms with Gasteiger partial charge in [0.25, 0.3) is 0 Å². The molecule has 0 aliphatic carbocycles. The number of hydrogen-bond acceptors (Lipinski definition) is 1. The van der Waals surface area contributed by atoms with E-state index in [0.717, 1.165) is 12.8 Å². The van der Waals surface area contributed by atoms with E-state index in [4.69, 9.17) is 5.11 Å². The summed E-state index contributed by atoms with van der Waals surface area (Å²) in [6, 6.07) is 0. The van der Waals surface area contributed by atoms with E-state index >= 15 is 0 Å². The molecule has 0 aromatic carbocycles. The summed E-state index contributed by atoms with van der Waals surface area (Å²) in [5, 5.41) is 8.04. The van der Waals surface area contributed by atoms with Gasteiger partial charge < -0.3 is 5.11 Å². The molecule has 0 aromatic rings. The van der Waals surface area contributed by atoms with Crippen molar-refractivity contribution in [1.29, 1.82) is 0 Å². The first-order valence-electron chi connectivity index (χ1n) is 4.90. The van der Waals surface area contributed by atoms with Crippen LogP contribution in [0.3, 0.4) is 0 Å². The lowest BCUT2D eigenvalue weighted by atomic mass is 10.3. The van der Waals surface area contributed by atoms with E-state index in [1.54, 1.807) is 0 Å². The third kappa shape index (κ3) is 22.7. The molecule has 0 spiro atoms. The van der Waals surface area contributed by atoms with Crippen molar-refractivity contribution in [2.75, 3.05) is 0 Å². The Bertz CT molecular complexity index is 87.8. The van der Waals surface area contributed by atoms with Gasteiger partial charge in [-0.05, 0) is 6.42 Å². The van der Waals surface area contributed by atoms with Crippen LogP contribution in [0.2, 0.25) is 0 Å². The Hall–Kier alpha value is -0.530. The van der Waals surface area contributed by atoms with Crippen molar-refractivity contribution in [1.82, 2.24) is 0 Å². The molecule has 0 atom stereocenters. The number of carbonyl (C=O) groups is 1. The molecule has 0 aromatic heterocycles. The van der Waals surface area contributed by atoms with Gasteiger partial charge in [-0.2, -0.15) is 0 Å². The Kier molecular flexibility index (Phi) is 15.3. The van der Waals surface area contributed by atoms with Crippen LogP contribution in [0.4, 0.5) is 0 Å². The summed E-state index contributed by atoms with van der Waals surface area (Å²) in [6.07, 6.45) is 6.16. The highest BCUT2D eigenvalue weighted by molar-refractivity contribution is 5.66. The van der Waals surface area contributed by atoms with Crippen molar-refractivity contribution >= 4 is 5.97 Å². The number of aliphatic carboxylic acids is 1. The second kappa shape index (κ2) is 13.1. The summed E-state index contributed by atoms with van der Waals surface area (Å²) in [6.45, 7) is 6.40. The van der Waals surface area contributed by atoms with Crippen LogP contribution in [0.1, 0.15) is 59.3 Å². The molecule has 0 bridgehead atoms. The quantitative estimate of drug-likeness (QED) is 0.693. The van der Waals surface area contributed by atoms with Crippen LogP contribution in [0.15, 0.2) is 0 Å². The van der Waals surface area contributed by atoms with Gasteiger partial charge in [0.2, 0.25) is 0 Å². The topological polar surface area (TPSA) is 37.3 Å². The lowest BCUT2D eigenvalue weighted by molar-refractivity contribution is -0.137. The number of carboxylic acids is 1. The van der Waals surface area contributed by atoms with Crippen LogP contribution in [-0.4, -0.2) is 11.1 Å². The number of hydrogen-bond donors (Lipinski definition) is 1. The minimum absolute atomic E-state index is 0.316. The van der Waals surface area contributed by atoms with Crippen LogP contribution in [0, 0.1) is 0 Å². The average Bonchev–Trinajstić information content (AvgIpc) is 2.03. The summed E-state index contributed by atoms with van der Waals surface area (Å²) < 4.78 is 0. The van der Waals surface area contributed by atoms with Gasteiger partial charge in [0.15, 0.2) is 0 Å². The van der Waals surface area contributed by atoms with Crippen molar-refractivity contribution in [2.45, 2.75) is 59.3 Å². The van der Waals surface area contributed by atoms with Gasteiger partial charge in [-0.25, -0.2) is 0 Å². The Labute approximate surface area is 76.0 Å². The molecule has 2 nitrogen and oxygen atoms in total. The average molecular weight is 174 g/mol. The molecule has 0 aliphatic rings. The molecular formula is C10H22O2. The molecule has 0 unspecified atom stereocenters. The first kappa shape index (κ1) is 14.0. The van der Waals surface area contributed by atoms with Gasteiger partial charge >= 0.3 is 5.97 Å². The maximum absolute atomic E-state index is 9.76. The molecule has 0 amide bonds. The fourth-order valence-corrected chi connectivity index (χ4v) is 0.682.